The Morgan fingerprint density at radius 2 is 2.10 bits per heavy atom. The summed E-state index contributed by atoms with van der Waals surface area (Å²) in [7, 11) is 0. The first-order valence-corrected chi connectivity index (χ1v) is 11.3. The SMILES string of the molecule is C=C1CCC[C@H]2[C@](C)(CCC3=CC[C@@H](C4=CC(=O)O[C@H]4O)OC3)[C@H](C)CC[C@]12C. The molecule has 0 spiro atoms. The third-order valence-electron chi connectivity index (χ3n) is 8.81. The number of esters is 1. The lowest BCUT2D eigenvalue weighted by Crippen LogP contribution is -2.50. The first kappa shape index (κ1) is 20.9. The van der Waals surface area contributed by atoms with Gasteiger partial charge in [0.1, 0.15) is 0 Å². The molecule has 2 aliphatic heterocycles. The van der Waals surface area contributed by atoms with Gasteiger partial charge in [-0.2, -0.15) is 0 Å². The summed E-state index contributed by atoms with van der Waals surface area (Å²) in [6.45, 7) is 12.5. The second kappa shape index (κ2) is 7.70. The van der Waals surface area contributed by atoms with Gasteiger partial charge in [-0.3, -0.25) is 0 Å². The van der Waals surface area contributed by atoms with Gasteiger partial charge in [-0.1, -0.05) is 39.0 Å². The molecule has 4 heteroatoms. The van der Waals surface area contributed by atoms with Crippen LogP contribution in [0, 0.1) is 22.7 Å². The molecule has 4 rings (SSSR count). The molecule has 29 heavy (non-hydrogen) atoms. The standard InChI is InChI=1S/C25H36O4/c1-16-6-5-7-21-24(16,3)12-10-17(2)25(21,4)13-11-18-8-9-20(28-15-18)19-14-22(26)29-23(19)27/h8,14,17,20-21,23,27H,1,5-7,9-13,15H2,2-4H3/t17-,20+,21-,23-,24-,25-/m1/s1. The maximum absolute atomic E-state index is 11.3. The predicted octanol–water partition coefficient (Wildman–Crippen LogP) is 5.08. The molecule has 2 saturated carbocycles. The van der Waals surface area contributed by atoms with Crippen LogP contribution in [0.4, 0.5) is 0 Å². The smallest absolute Gasteiger partial charge is 0.333 e. The molecule has 2 aliphatic carbocycles. The molecule has 0 saturated heterocycles. The number of ether oxygens (including phenoxy) is 2. The first-order valence-electron chi connectivity index (χ1n) is 11.3. The van der Waals surface area contributed by atoms with Gasteiger partial charge in [0.25, 0.3) is 0 Å². The number of cyclic esters (lactones) is 1. The normalized spacial score (nSPS) is 42.8. The minimum absolute atomic E-state index is 0.255. The molecule has 160 valence electrons. The highest BCUT2D eigenvalue weighted by atomic mass is 16.6. The average Bonchev–Trinajstić information content (AvgIpc) is 3.04. The number of fused-ring (bicyclic) bond motifs is 1. The number of carbonyl (C=O) groups is 1. The van der Waals surface area contributed by atoms with E-state index in [2.05, 4.69) is 33.4 Å². The molecule has 0 aromatic heterocycles. The van der Waals surface area contributed by atoms with Gasteiger partial charge in [0.15, 0.2) is 0 Å². The molecule has 4 aliphatic rings. The third-order valence-corrected chi connectivity index (χ3v) is 8.81. The minimum atomic E-state index is -1.15. The van der Waals surface area contributed by atoms with Crippen molar-refractivity contribution in [3.8, 4) is 0 Å². The van der Waals surface area contributed by atoms with E-state index in [1.54, 1.807) is 0 Å². The van der Waals surface area contributed by atoms with E-state index in [1.807, 2.05) is 0 Å². The molecule has 2 heterocycles. The molecular weight excluding hydrogens is 364 g/mol. The molecule has 6 atom stereocenters. The zero-order valence-corrected chi connectivity index (χ0v) is 18.2. The van der Waals surface area contributed by atoms with Crippen LogP contribution in [0.1, 0.15) is 72.1 Å². The summed E-state index contributed by atoms with van der Waals surface area (Å²) in [5, 5.41) is 9.85. The fourth-order valence-corrected chi connectivity index (χ4v) is 6.50. The molecule has 2 fully saturated rings. The van der Waals surface area contributed by atoms with Crippen molar-refractivity contribution in [2.45, 2.75) is 84.5 Å². The molecular formula is C25H36O4. The molecule has 0 unspecified atom stereocenters. The first-order chi connectivity index (χ1) is 13.7. The monoisotopic (exact) mass is 400 g/mol. The van der Waals surface area contributed by atoms with Crippen LogP contribution >= 0.6 is 0 Å². The highest BCUT2D eigenvalue weighted by Crippen LogP contribution is 2.62. The van der Waals surface area contributed by atoms with E-state index < -0.39 is 12.3 Å². The van der Waals surface area contributed by atoms with Crippen LogP contribution in [0.2, 0.25) is 0 Å². The Kier molecular flexibility index (Phi) is 5.54. The quantitative estimate of drug-likeness (QED) is 0.528. The lowest BCUT2D eigenvalue weighted by molar-refractivity contribution is -0.152. The van der Waals surface area contributed by atoms with Crippen molar-refractivity contribution < 1.29 is 19.4 Å². The van der Waals surface area contributed by atoms with Crippen molar-refractivity contribution in [2.75, 3.05) is 6.61 Å². The molecule has 0 aromatic rings. The third kappa shape index (κ3) is 3.63. The van der Waals surface area contributed by atoms with E-state index >= 15 is 0 Å². The fourth-order valence-electron chi connectivity index (χ4n) is 6.50. The number of rotatable bonds is 4. The number of carbonyl (C=O) groups excluding carboxylic acids is 1. The van der Waals surface area contributed by atoms with Crippen molar-refractivity contribution in [1.82, 2.24) is 0 Å². The number of aliphatic hydroxyl groups is 1. The fraction of sp³-hybridized carbons (Fsp3) is 0.720. The zero-order valence-electron chi connectivity index (χ0n) is 18.2. The van der Waals surface area contributed by atoms with Gasteiger partial charge in [-0.25, -0.2) is 4.79 Å². The predicted molar refractivity (Wildman–Crippen MR) is 113 cm³/mol. The number of allylic oxidation sites excluding steroid dienone is 1. The minimum Gasteiger partial charge on any atom is -0.429 e. The van der Waals surface area contributed by atoms with Gasteiger partial charge >= 0.3 is 5.97 Å². The summed E-state index contributed by atoms with van der Waals surface area (Å²) in [5.74, 6) is 0.966. The van der Waals surface area contributed by atoms with Crippen LogP contribution in [0.15, 0.2) is 35.5 Å². The van der Waals surface area contributed by atoms with Gasteiger partial charge in [0.05, 0.1) is 12.7 Å². The number of hydrogen-bond acceptors (Lipinski definition) is 4. The maximum Gasteiger partial charge on any atom is 0.333 e. The summed E-state index contributed by atoms with van der Waals surface area (Å²) in [6.07, 6.45) is 11.6. The van der Waals surface area contributed by atoms with Crippen molar-refractivity contribution in [3.05, 3.63) is 35.5 Å². The summed E-state index contributed by atoms with van der Waals surface area (Å²) in [5.41, 5.74) is 4.01. The summed E-state index contributed by atoms with van der Waals surface area (Å²) in [4.78, 5) is 11.3. The Hall–Kier alpha value is -1.39. The lowest BCUT2D eigenvalue weighted by atomic mass is 9.46. The summed E-state index contributed by atoms with van der Waals surface area (Å²) in [6, 6.07) is 0. The Bertz CT molecular complexity index is 750. The van der Waals surface area contributed by atoms with Crippen molar-refractivity contribution >= 4 is 5.97 Å². The van der Waals surface area contributed by atoms with Crippen LogP contribution in [-0.2, 0) is 14.3 Å². The highest BCUT2D eigenvalue weighted by Gasteiger charge is 2.53. The van der Waals surface area contributed by atoms with Gasteiger partial charge in [0.2, 0.25) is 6.29 Å². The molecule has 0 amide bonds. The van der Waals surface area contributed by atoms with E-state index in [9.17, 15) is 9.90 Å². The van der Waals surface area contributed by atoms with E-state index in [4.69, 9.17) is 9.47 Å². The van der Waals surface area contributed by atoms with Gasteiger partial charge in [0, 0.05) is 11.6 Å². The molecule has 4 nitrogen and oxygen atoms in total. The molecule has 0 bridgehead atoms. The average molecular weight is 401 g/mol. The Morgan fingerprint density at radius 3 is 2.76 bits per heavy atom. The van der Waals surface area contributed by atoms with Gasteiger partial charge in [-0.15, -0.1) is 0 Å². The Morgan fingerprint density at radius 1 is 1.31 bits per heavy atom. The van der Waals surface area contributed by atoms with Crippen LogP contribution in [0.25, 0.3) is 0 Å². The largest absolute Gasteiger partial charge is 0.429 e. The van der Waals surface area contributed by atoms with Crippen LogP contribution in [0.5, 0.6) is 0 Å². The van der Waals surface area contributed by atoms with E-state index in [-0.39, 0.29) is 6.10 Å². The second-order valence-electron chi connectivity index (χ2n) is 10.2. The Balaban J connectivity index is 1.42. The lowest BCUT2D eigenvalue weighted by Gasteiger charge is -2.59. The molecule has 1 N–H and O–H groups in total. The van der Waals surface area contributed by atoms with Crippen LogP contribution in [0.3, 0.4) is 0 Å². The molecule has 0 aromatic carbocycles. The highest BCUT2D eigenvalue weighted by molar-refractivity contribution is 5.85. The summed E-state index contributed by atoms with van der Waals surface area (Å²) < 4.78 is 10.8. The topological polar surface area (TPSA) is 55.8 Å². The summed E-state index contributed by atoms with van der Waals surface area (Å²) >= 11 is 0. The van der Waals surface area contributed by atoms with Crippen LogP contribution in [-0.4, -0.2) is 30.1 Å². The van der Waals surface area contributed by atoms with E-state index in [0.29, 0.717) is 29.4 Å². The van der Waals surface area contributed by atoms with Crippen molar-refractivity contribution in [3.63, 3.8) is 0 Å². The van der Waals surface area contributed by atoms with Crippen molar-refractivity contribution in [2.24, 2.45) is 22.7 Å². The zero-order chi connectivity index (χ0) is 20.8. The second-order valence-corrected chi connectivity index (χ2v) is 10.2. The van der Waals surface area contributed by atoms with Gasteiger partial charge < -0.3 is 14.6 Å². The van der Waals surface area contributed by atoms with Crippen LogP contribution < -0.4 is 0 Å². The van der Waals surface area contributed by atoms with Crippen molar-refractivity contribution in [1.29, 1.82) is 0 Å². The Labute approximate surface area is 175 Å². The number of aliphatic hydroxyl groups excluding tert-OH is 1. The molecule has 0 radical (unpaired) electrons. The maximum atomic E-state index is 11.3. The van der Waals surface area contributed by atoms with E-state index in [1.165, 1.54) is 55.7 Å². The number of hydrogen-bond donors (Lipinski definition) is 1. The van der Waals surface area contributed by atoms with Gasteiger partial charge in [-0.05, 0) is 79.6 Å². The van der Waals surface area contributed by atoms with E-state index in [0.717, 1.165) is 18.3 Å².